The molecule has 0 fully saturated rings. The van der Waals surface area contributed by atoms with Gasteiger partial charge in [0.1, 0.15) is 0 Å². The number of aromatic amines is 1. The molecule has 2 aromatic carbocycles. The van der Waals surface area contributed by atoms with Crippen LogP contribution in [-0.4, -0.2) is 34.0 Å². The maximum absolute atomic E-state index is 12.9. The van der Waals surface area contributed by atoms with Gasteiger partial charge in [-0.05, 0) is 29.8 Å². The Hall–Kier alpha value is -4.00. The lowest BCUT2D eigenvalue weighted by atomic mass is 10.0. The van der Waals surface area contributed by atoms with Crippen LogP contribution in [0.4, 0.5) is 5.69 Å². The van der Waals surface area contributed by atoms with Crippen LogP contribution in [0.25, 0.3) is 22.2 Å². The molecule has 144 valence electrons. The predicted molar refractivity (Wildman–Crippen MR) is 111 cm³/mol. The zero-order chi connectivity index (χ0) is 20.2. The molecule has 7 heteroatoms. The molecular weight excluding hydrogens is 366 g/mol. The Morgan fingerprint density at radius 3 is 2.79 bits per heavy atom. The highest BCUT2D eigenvalue weighted by Crippen LogP contribution is 2.26. The van der Waals surface area contributed by atoms with Crippen molar-refractivity contribution in [2.24, 2.45) is 0 Å². The first-order chi connectivity index (χ1) is 14.2. The average Bonchev–Trinajstić information content (AvgIpc) is 3.24. The van der Waals surface area contributed by atoms with Crippen LogP contribution in [0.1, 0.15) is 15.9 Å². The van der Waals surface area contributed by atoms with Crippen LogP contribution < -0.4 is 10.6 Å². The number of hydrogen-bond donors (Lipinski definition) is 3. The molecular formula is C22H19N5O2. The lowest BCUT2D eigenvalue weighted by Gasteiger charge is -2.11. The Kier molecular flexibility index (Phi) is 5.03. The Morgan fingerprint density at radius 1 is 1.07 bits per heavy atom. The maximum atomic E-state index is 12.9. The first-order valence-electron chi connectivity index (χ1n) is 9.14. The van der Waals surface area contributed by atoms with Crippen molar-refractivity contribution in [1.82, 2.24) is 20.5 Å². The van der Waals surface area contributed by atoms with E-state index in [2.05, 4.69) is 25.8 Å². The number of rotatable bonds is 5. The second-order valence-electron chi connectivity index (χ2n) is 6.53. The summed E-state index contributed by atoms with van der Waals surface area (Å²) in [5.41, 5.74) is 4.32. The number of pyridine rings is 1. The van der Waals surface area contributed by atoms with Gasteiger partial charge in [0.15, 0.2) is 0 Å². The van der Waals surface area contributed by atoms with Crippen LogP contribution in [0.3, 0.4) is 0 Å². The minimum atomic E-state index is -0.254. The fourth-order valence-corrected chi connectivity index (χ4v) is 3.16. The molecule has 29 heavy (non-hydrogen) atoms. The number of nitrogens with one attached hydrogen (secondary N) is 3. The molecule has 0 aliphatic heterocycles. The second kappa shape index (κ2) is 7.93. The number of aromatic nitrogens is 3. The van der Waals surface area contributed by atoms with Crippen molar-refractivity contribution in [2.45, 2.75) is 6.42 Å². The monoisotopic (exact) mass is 385 g/mol. The van der Waals surface area contributed by atoms with Crippen molar-refractivity contribution < 1.29 is 9.59 Å². The van der Waals surface area contributed by atoms with E-state index in [1.807, 2.05) is 36.4 Å². The number of anilines is 1. The summed E-state index contributed by atoms with van der Waals surface area (Å²) in [6.45, 7) is 0. The van der Waals surface area contributed by atoms with Crippen molar-refractivity contribution >= 4 is 28.4 Å². The van der Waals surface area contributed by atoms with E-state index in [1.54, 1.807) is 37.6 Å². The summed E-state index contributed by atoms with van der Waals surface area (Å²) >= 11 is 0. The van der Waals surface area contributed by atoms with Crippen LogP contribution >= 0.6 is 0 Å². The number of nitrogens with zero attached hydrogens (tertiary/aromatic N) is 2. The van der Waals surface area contributed by atoms with E-state index in [9.17, 15) is 9.59 Å². The fourth-order valence-electron chi connectivity index (χ4n) is 3.16. The van der Waals surface area contributed by atoms with E-state index in [0.29, 0.717) is 11.3 Å². The standard InChI is InChI=1S/C22H19N5O2/c1-23-20(28)12-14-5-2-3-8-18(14)26-22(29)16-7-4-6-15(11-16)21-17-13-25-27-19(17)9-10-24-21/h2-11,13H,12H2,1H3,(H,23,28)(H,25,27)(H,26,29). The Balaban J connectivity index is 1.62. The lowest BCUT2D eigenvalue weighted by molar-refractivity contribution is -0.119. The molecule has 2 heterocycles. The molecule has 7 nitrogen and oxygen atoms in total. The first-order valence-corrected chi connectivity index (χ1v) is 9.14. The van der Waals surface area contributed by atoms with Gasteiger partial charge in [0.05, 0.1) is 23.8 Å². The van der Waals surface area contributed by atoms with Crippen LogP contribution in [0.2, 0.25) is 0 Å². The molecule has 0 aliphatic carbocycles. The molecule has 0 aliphatic rings. The minimum absolute atomic E-state index is 0.118. The van der Waals surface area contributed by atoms with E-state index in [0.717, 1.165) is 27.7 Å². The third kappa shape index (κ3) is 3.84. The van der Waals surface area contributed by atoms with E-state index in [1.165, 1.54) is 0 Å². The van der Waals surface area contributed by atoms with Gasteiger partial charge < -0.3 is 10.6 Å². The largest absolute Gasteiger partial charge is 0.359 e. The number of fused-ring (bicyclic) bond motifs is 1. The van der Waals surface area contributed by atoms with Gasteiger partial charge in [-0.15, -0.1) is 0 Å². The van der Waals surface area contributed by atoms with Crippen LogP contribution in [-0.2, 0) is 11.2 Å². The van der Waals surface area contributed by atoms with Crippen LogP contribution in [0.5, 0.6) is 0 Å². The molecule has 0 saturated heterocycles. The smallest absolute Gasteiger partial charge is 0.255 e. The molecule has 0 bridgehead atoms. The summed E-state index contributed by atoms with van der Waals surface area (Å²) in [6.07, 6.45) is 3.62. The summed E-state index contributed by atoms with van der Waals surface area (Å²) in [7, 11) is 1.59. The molecule has 2 amide bonds. The number of para-hydroxylation sites is 1. The van der Waals surface area contributed by atoms with E-state index < -0.39 is 0 Å². The second-order valence-corrected chi connectivity index (χ2v) is 6.53. The number of carbonyl (C=O) groups excluding carboxylic acids is 2. The molecule has 4 aromatic rings. The van der Waals surface area contributed by atoms with Crippen molar-refractivity contribution in [3.63, 3.8) is 0 Å². The zero-order valence-electron chi connectivity index (χ0n) is 15.8. The first kappa shape index (κ1) is 18.4. The predicted octanol–water partition coefficient (Wildman–Crippen LogP) is 3.17. The topological polar surface area (TPSA) is 99.8 Å². The summed E-state index contributed by atoms with van der Waals surface area (Å²) in [6, 6.07) is 16.4. The maximum Gasteiger partial charge on any atom is 0.255 e. The van der Waals surface area contributed by atoms with Crippen LogP contribution in [0, 0.1) is 0 Å². The summed E-state index contributed by atoms with van der Waals surface area (Å²) < 4.78 is 0. The summed E-state index contributed by atoms with van der Waals surface area (Å²) in [5.74, 6) is -0.372. The molecule has 0 radical (unpaired) electrons. The Morgan fingerprint density at radius 2 is 1.93 bits per heavy atom. The molecule has 2 aromatic heterocycles. The number of benzene rings is 2. The number of hydrogen-bond acceptors (Lipinski definition) is 4. The minimum Gasteiger partial charge on any atom is -0.359 e. The van der Waals surface area contributed by atoms with Gasteiger partial charge in [-0.2, -0.15) is 5.10 Å². The van der Waals surface area contributed by atoms with E-state index >= 15 is 0 Å². The van der Waals surface area contributed by atoms with Gasteiger partial charge in [-0.3, -0.25) is 19.7 Å². The average molecular weight is 385 g/mol. The number of amides is 2. The number of likely N-dealkylation sites (N-methyl/N-ethyl adjacent to an activating group) is 1. The van der Waals surface area contributed by atoms with E-state index in [-0.39, 0.29) is 18.2 Å². The van der Waals surface area contributed by atoms with Gasteiger partial charge in [0, 0.05) is 35.4 Å². The highest BCUT2D eigenvalue weighted by Gasteiger charge is 2.13. The summed E-state index contributed by atoms with van der Waals surface area (Å²) in [5, 5.41) is 13.4. The van der Waals surface area contributed by atoms with Crippen molar-refractivity contribution in [2.75, 3.05) is 12.4 Å². The molecule has 0 unspecified atom stereocenters. The normalized spacial score (nSPS) is 10.7. The van der Waals surface area contributed by atoms with Gasteiger partial charge in [-0.1, -0.05) is 30.3 Å². The van der Waals surface area contributed by atoms with Gasteiger partial charge in [0.25, 0.3) is 5.91 Å². The molecule has 4 rings (SSSR count). The van der Waals surface area contributed by atoms with Crippen molar-refractivity contribution in [3.8, 4) is 11.3 Å². The fraction of sp³-hybridized carbons (Fsp3) is 0.0909. The van der Waals surface area contributed by atoms with Crippen LogP contribution in [0.15, 0.2) is 67.0 Å². The molecule has 0 saturated carbocycles. The number of H-pyrrole nitrogens is 1. The third-order valence-electron chi connectivity index (χ3n) is 4.66. The Labute approximate surface area is 167 Å². The Bertz CT molecular complexity index is 1200. The third-order valence-corrected chi connectivity index (χ3v) is 4.66. The zero-order valence-corrected chi connectivity index (χ0v) is 15.8. The molecule has 0 spiro atoms. The quantitative estimate of drug-likeness (QED) is 0.491. The lowest BCUT2D eigenvalue weighted by Crippen LogP contribution is -2.21. The molecule has 3 N–H and O–H groups in total. The number of carbonyl (C=O) groups is 2. The molecule has 0 atom stereocenters. The SMILES string of the molecule is CNC(=O)Cc1ccccc1NC(=O)c1cccc(-c2nccc3[nH]ncc23)c1. The van der Waals surface area contributed by atoms with Gasteiger partial charge >= 0.3 is 0 Å². The van der Waals surface area contributed by atoms with Crippen molar-refractivity contribution in [3.05, 3.63) is 78.1 Å². The highest BCUT2D eigenvalue weighted by molar-refractivity contribution is 6.06. The summed E-state index contributed by atoms with van der Waals surface area (Å²) in [4.78, 5) is 29.1. The van der Waals surface area contributed by atoms with Gasteiger partial charge in [0.2, 0.25) is 5.91 Å². The van der Waals surface area contributed by atoms with E-state index in [4.69, 9.17) is 0 Å². The highest BCUT2D eigenvalue weighted by atomic mass is 16.2. The van der Waals surface area contributed by atoms with Crippen molar-refractivity contribution in [1.29, 1.82) is 0 Å². The van der Waals surface area contributed by atoms with Gasteiger partial charge in [-0.25, -0.2) is 0 Å².